The van der Waals surface area contributed by atoms with Gasteiger partial charge in [0, 0.05) is 17.9 Å². The Morgan fingerprint density at radius 1 is 1.30 bits per heavy atom. The molecule has 1 heterocycles. The summed E-state index contributed by atoms with van der Waals surface area (Å²) in [5, 5.41) is 10.3. The van der Waals surface area contributed by atoms with Gasteiger partial charge in [0.15, 0.2) is 0 Å². The van der Waals surface area contributed by atoms with Crippen LogP contribution in [0.1, 0.15) is 44.8 Å². The summed E-state index contributed by atoms with van der Waals surface area (Å²) in [6, 6.07) is 4.41. The molecule has 3 unspecified atom stereocenters. The van der Waals surface area contributed by atoms with Crippen molar-refractivity contribution in [2.45, 2.75) is 45.3 Å². The average molecular weight is 276 g/mol. The van der Waals surface area contributed by atoms with Crippen molar-refractivity contribution in [1.29, 1.82) is 0 Å². The highest BCUT2D eigenvalue weighted by molar-refractivity contribution is 5.37. The van der Waals surface area contributed by atoms with Crippen LogP contribution in [0.15, 0.2) is 29.8 Å². The van der Waals surface area contributed by atoms with Crippen LogP contribution in [0, 0.1) is 17.7 Å². The number of rotatable bonds is 1. The van der Waals surface area contributed by atoms with Crippen LogP contribution in [0.2, 0.25) is 0 Å². The number of hydrogen-bond acceptors (Lipinski definition) is 2. The summed E-state index contributed by atoms with van der Waals surface area (Å²) >= 11 is 0. The van der Waals surface area contributed by atoms with E-state index >= 15 is 0 Å². The van der Waals surface area contributed by atoms with Crippen molar-refractivity contribution >= 4 is 0 Å². The zero-order chi connectivity index (χ0) is 14.3. The fourth-order valence-corrected chi connectivity index (χ4v) is 3.61. The molecule has 3 heteroatoms. The SMILES string of the molecule is CC1=CC(C)CC(C2C[C@H](O)c3cc(F)ccc3O2)C1. The zero-order valence-electron chi connectivity index (χ0n) is 12.0. The number of aliphatic hydroxyl groups is 1. The lowest BCUT2D eigenvalue weighted by Gasteiger charge is -2.37. The highest BCUT2D eigenvalue weighted by atomic mass is 19.1. The first-order valence-corrected chi connectivity index (χ1v) is 7.34. The summed E-state index contributed by atoms with van der Waals surface area (Å²) in [4.78, 5) is 0. The predicted octanol–water partition coefficient (Wildman–Crippen LogP) is 4.00. The van der Waals surface area contributed by atoms with E-state index in [-0.39, 0.29) is 11.9 Å². The first-order valence-electron chi connectivity index (χ1n) is 7.34. The van der Waals surface area contributed by atoms with Crippen LogP contribution in [0.3, 0.4) is 0 Å². The Hall–Kier alpha value is -1.35. The van der Waals surface area contributed by atoms with E-state index < -0.39 is 6.10 Å². The molecule has 0 aromatic heterocycles. The van der Waals surface area contributed by atoms with Gasteiger partial charge in [0.2, 0.25) is 0 Å². The van der Waals surface area contributed by atoms with Gasteiger partial charge in [-0.1, -0.05) is 18.6 Å². The maximum absolute atomic E-state index is 13.2. The lowest BCUT2D eigenvalue weighted by Crippen LogP contribution is -2.35. The van der Waals surface area contributed by atoms with E-state index in [0.29, 0.717) is 29.6 Å². The fourth-order valence-electron chi connectivity index (χ4n) is 3.61. The van der Waals surface area contributed by atoms with E-state index in [9.17, 15) is 9.50 Å². The van der Waals surface area contributed by atoms with Gasteiger partial charge in [-0.25, -0.2) is 4.39 Å². The van der Waals surface area contributed by atoms with Gasteiger partial charge in [0.05, 0.1) is 6.10 Å². The average Bonchev–Trinajstić information content (AvgIpc) is 2.38. The molecule has 1 aliphatic carbocycles. The number of fused-ring (bicyclic) bond motifs is 1. The van der Waals surface area contributed by atoms with Crippen LogP contribution in [0.4, 0.5) is 4.39 Å². The molecule has 2 nitrogen and oxygen atoms in total. The zero-order valence-corrected chi connectivity index (χ0v) is 12.0. The van der Waals surface area contributed by atoms with Crippen molar-refractivity contribution in [1.82, 2.24) is 0 Å². The first kappa shape index (κ1) is 13.6. The molecule has 1 N–H and O–H groups in total. The minimum Gasteiger partial charge on any atom is -0.490 e. The van der Waals surface area contributed by atoms with Crippen molar-refractivity contribution in [3.05, 3.63) is 41.2 Å². The summed E-state index contributed by atoms with van der Waals surface area (Å²) in [5.74, 6) is 1.30. The topological polar surface area (TPSA) is 29.5 Å². The number of aliphatic hydroxyl groups excluding tert-OH is 1. The predicted molar refractivity (Wildman–Crippen MR) is 76.0 cm³/mol. The minimum atomic E-state index is -0.624. The summed E-state index contributed by atoms with van der Waals surface area (Å²) < 4.78 is 19.3. The smallest absolute Gasteiger partial charge is 0.125 e. The highest BCUT2D eigenvalue weighted by Crippen LogP contribution is 2.41. The second-order valence-corrected chi connectivity index (χ2v) is 6.28. The molecule has 1 aliphatic heterocycles. The third kappa shape index (κ3) is 2.59. The van der Waals surface area contributed by atoms with Crippen molar-refractivity contribution in [2.24, 2.45) is 11.8 Å². The van der Waals surface area contributed by atoms with Crippen LogP contribution in [-0.4, -0.2) is 11.2 Å². The van der Waals surface area contributed by atoms with Gasteiger partial charge in [-0.2, -0.15) is 0 Å². The molecule has 108 valence electrons. The molecule has 1 aromatic carbocycles. The number of allylic oxidation sites excluding steroid dienone is 2. The minimum absolute atomic E-state index is 0.0223. The second-order valence-electron chi connectivity index (χ2n) is 6.28. The third-order valence-electron chi connectivity index (χ3n) is 4.42. The van der Waals surface area contributed by atoms with E-state index in [1.165, 1.54) is 17.7 Å². The highest BCUT2D eigenvalue weighted by Gasteiger charge is 2.34. The molecule has 0 amide bonds. The van der Waals surface area contributed by atoms with Crippen LogP contribution in [0.5, 0.6) is 5.75 Å². The molecule has 2 aliphatic rings. The molecule has 20 heavy (non-hydrogen) atoms. The van der Waals surface area contributed by atoms with Crippen molar-refractivity contribution in [2.75, 3.05) is 0 Å². The van der Waals surface area contributed by atoms with Crippen LogP contribution in [-0.2, 0) is 0 Å². The fraction of sp³-hybridized carbons (Fsp3) is 0.529. The van der Waals surface area contributed by atoms with Crippen LogP contribution >= 0.6 is 0 Å². The summed E-state index contributed by atoms with van der Waals surface area (Å²) in [5.41, 5.74) is 1.98. The Bertz CT molecular complexity index is 538. The number of benzene rings is 1. The molecule has 0 radical (unpaired) electrons. The maximum atomic E-state index is 13.2. The Kier molecular flexibility index (Phi) is 3.55. The normalized spacial score (nSPS) is 33.1. The van der Waals surface area contributed by atoms with Gasteiger partial charge in [-0.15, -0.1) is 0 Å². The first-order chi connectivity index (χ1) is 9.52. The van der Waals surface area contributed by atoms with Gasteiger partial charge in [-0.3, -0.25) is 0 Å². The Morgan fingerprint density at radius 2 is 2.10 bits per heavy atom. The molecule has 4 atom stereocenters. The van der Waals surface area contributed by atoms with Crippen molar-refractivity contribution in [3.8, 4) is 5.75 Å². The number of halogens is 1. The quantitative estimate of drug-likeness (QED) is 0.785. The monoisotopic (exact) mass is 276 g/mol. The molecular weight excluding hydrogens is 255 g/mol. The number of hydrogen-bond donors (Lipinski definition) is 1. The van der Waals surface area contributed by atoms with Crippen LogP contribution < -0.4 is 4.74 Å². The molecular formula is C17H21FO2. The standard InChI is InChI=1S/C17H21FO2/c1-10-5-11(2)7-12(6-10)17-9-15(19)14-8-13(18)3-4-16(14)20-17/h3-5,8,10,12,15,17,19H,6-7,9H2,1-2H3/t10?,12?,15-,17?/m0/s1. The van der Waals surface area contributed by atoms with Crippen molar-refractivity contribution in [3.63, 3.8) is 0 Å². The maximum Gasteiger partial charge on any atom is 0.125 e. The van der Waals surface area contributed by atoms with Gasteiger partial charge in [0.25, 0.3) is 0 Å². The Labute approximate surface area is 119 Å². The summed E-state index contributed by atoms with van der Waals surface area (Å²) in [6.45, 7) is 4.38. The Morgan fingerprint density at radius 3 is 2.85 bits per heavy atom. The molecule has 0 bridgehead atoms. The lowest BCUT2D eigenvalue weighted by molar-refractivity contribution is 0.0270. The lowest BCUT2D eigenvalue weighted by atomic mass is 9.78. The van der Waals surface area contributed by atoms with E-state index in [4.69, 9.17) is 4.74 Å². The molecule has 0 fully saturated rings. The second kappa shape index (κ2) is 5.21. The van der Waals surface area contributed by atoms with E-state index in [0.717, 1.165) is 12.8 Å². The van der Waals surface area contributed by atoms with E-state index in [1.807, 2.05) is 0 Å². The van der Waals surface area contributed by atoms with Gasteiger partial charge in [0.1, 0.15) is 17.7 Å². The largest absolute Gasteiger partial charge is 0.490 e. The summed E-state index contributed by atoms with van der Waals surface area (Å²) in [6.07, 6.45) is 4.39. The Balaban J connectivity index is 1.81. The molecule has 0 saturated heterocycles. The molecule has 0 spiro atoms. The van der Waals surface area contributed by atoms with Gasteiger partial charge >= 0.3 is 0 Å². The van der Waals surface area contributed by atoms with Gasteiger partial charge in [-0.05, 0) is 43.9 Å². The van der Waals surface area contributed by atoms with E-state index in [1.54, 1.807) is 6.07 Å². The van der Waals surface area contributed by atoms with Crippen molar-refractivity contribution < 1.29 is 14.2 Å². The van der Waals surface area contributed by atoms with E-state index in [2.05, 4.69) is 19.9 Å². The number of ether oxygens (including phenoxy) is 1. The molecule has 1 aromatic rings. The molecule has 0 saturated carbocycles. The molecule has 3 rings (SSSR count). The van der Waals surface area contributed by atoms with Crippen LogP contribution in [0.25, 0.3) is 0 Å². The van der Waals surface area contributed by atoms with Gasteiger partial charge < -0.3 is 9.84 Å². The third-order valence-corrected chi connectivity index (χ3v) is 4.42. The summed E-state index contributed by atoms with van der Waals surface area (Å²) in [7, 11) is 0.